The van der Waals surface area contributed by atoms with Crippen LogP contribution in [0.4, 0.5) is 8.78 Å². The van der Waals surface area contributed by atoms with E-state index in [1.54, 1.807) is 18.2 Å². The molecule has 0 saturated carbocycles. The highest BCUT2D eigenvalue weighted by molar-refractivity contribution is 7.00. The summed E-state index contributed by atoms with van der Waals surface area (Å²) in [5.74, 6) is -0.436. The van der Waals surface area contributed by atoms with Crippen molar-refractivity contribution < 1.29 is 18.3 Å². The van der Waals surface area contributed by atoms with Crippen molar-refractivity contribution >= 4 is 28.7 Å². The topological polar surface area (TPSA) is 52.1 Å². The van der Waals surface area contributed by atoms with Crippen LogP contribution >= 0.6 is 11.7 Å². The van der Waals surface area contributed by atoms with Gasteiger partial charge in [-0.1, -0.05) is 0 Å². The maximum absolute atomic E-state index is 12.2. The summed E-state index contributed by atoms with van der Waals surface area (Å²) in [7, 11) is 0. The summed E-state index contributed by atoms with van der Waals surface area (Å²) in [6.07, 6.45) is -0.198. The van der Waals surface area contributed by atoms with E-state index in [1.165, 1.54) is 6.92 Å². The number of hydrogen-bond acceptors (Lipinski definition) is 5. The molecular formula is C14H14F2N2O2S. The van der Waals surface area contributed by atoms with E-state index in [2.05, 4.69) is 8.75 Å². The maximum atomic E-state index is 12.2. The fourth-order valence-electron chi connectivity index (χ4n) is 1.74. The quantitative estimate of drug-likeness (QED) is 0.593. The average Bonchev–Trinajstić information content (AvgIpc) is 2.93. The molecule has 0 bridgehead atoms. The predicted octanol–water partition coefficient (Wildman–Crippen LogP) is 4.19. The second-order valence-corrected chi connectivity index (χ2v) is 5.13. The number of carbonyl (C=O) groups excluding carboxylic acids is 1. The van der Waals surface area contributed by atoms with Gasteiger partial charge in [0.15, 0.2) is 0 Å². The molecule has 7 heteroatoms. The van der Waals surface area contributed by atoms with E-state index < -0.39 is 12.0 Å². The lowest BCUT2D eigenvalue weighted by Crippen LogP contribution is -2.06. The van der Waals surface area contributed by atoms with Gasteiger partial charge in [-0.05, 0) is 50.0 Å². The van der Waals surface area contributed by atoms with Gasteiger partial charge in [0.25, 0.3) is 6.08 Å². The van der Waals surface area contributed by atoms with Gasteiger partial charge in [0, 0.05) is 0 Å². The van der Waals surface area contributed by atoms with Crippen molar-refractivity contribution in [1.82, 2.24) is 8.75 Å². The van der Waals surface area contributed by atoms with Crippen LogP contribution in [-0.2, 0) is 4.74 Å². The highest BCUT2D eigenvalue weighted by atomic mass is 32.1. The summed E-state index contributed by atoms with van der Waals surface area (Å²) in [6.45, 7) is 1.62. The Hall–Kier alpha value is -1.89. The van der Waals surface area contributed by atoms with E-state index in [9.17, 15) is 13.6 Å². The Kier molecular flexibility index (Phi) is 5.32. The zero-order valence-corrected chi connectivity index (χ0v) is 12.3. The molecule has 0 radical (unpaired) electrons. The summed E-state index contributed by atoms with van der Waals surface area (Å²) >= 11 is 1.09. The first kappa shape index (κ1) is 15.5. The first-order valence-corrected chi connectivity index (χ1v) is 7.21. The zero-order valence-electron chi connectivity index (χ0n) is 11.4. The summed E-state index contributed by atoms with van der Waals surface area (Å²) in [5.41, 5.74) is 1.91. The Morgan fingerprint density at radius 2 is 2.00 bits per heavy atom. The molecule has 0 unspecified atom stereocenters. The first-order chi connectivity index (χ1) is 10.1. The van der Waals surface area contributed by atoms with Crippen molar-refractivity contribution in [1.29, 1.82) is 0 Å². The molecule has 1 aromatic carbocycles. The summed E-state index contributed by atoms with van der Waals surface area (Å²) < 4.78 is 37.6. The standard InChI is InChI=1S/C14H14F2N2O2S/c1-9(13(15)16)4-2-3-7-20-14(19)10-5-6-11-12(8-10)18-21-17-11/h5-6,8H,2-4,7H2,1H3. The van der Waals surface area contributed by atoms with Gasteiger partial charge in [-0.3, -0.25) is 0 Å². The lowest BCUT2D eigenvalue weighted by Gasteiger charge is -2.05. The van der Waals surface area contributed by atoms with Crippen molar-refractivity contribution in [3.05, 3.63) is 35.4 Å². The highest BCUT2D eigenvalue weighted by Crippen LogP contribution is 2.16. The first-order valence-electron chi connectivity index (χ1n) is 6.48. The van der Waals surface area contributed by atoms with Gasteiger partial charge in [0.05, 0.1) is 23.9 Å². The third-order valence-electron chi connectivity index (χ3n) is 2.99. The normalized spacial score (nSPS) is 10.6. The van der Waals surface area contributed by atoms with E-state index in [-0.39, 0.29) is 12.2 Å². The number of allylic oxidation sites excluding steroid dienone is 1. The van der Waals surface area contributed by atoms with Crippen LogP contribution in [0, 0.1) is 0 Å². The number of hydrogen-bond donors (Lipinski definition) is 0. The minimum absolute atomic E-state index is 0.0859. The fourth-order valence-corrected chi connectivity index (χ4v) is 2.26. The highest BCUT2D eigenvalue weighted by Gasteiger charge is 2.09. The fraction of sp³-hybridized carbons (Fsp3) is 0.357. The maximum Gasteiger partial charge on any atom is 0.338 e. The van der Waals surface area contributed by atoms with Crippen LogP contribution in [0.1, 0.15) is 36.5 Å². The number of rotatable bonds is 6. The average molecular weight is 312 g/mol. The van der Waals surface area contributed by atoms with Crippen molar-refractivity contribution in [3.8, 4) is 0 Å². The van der Waals surface area contributed by atoms with E-state index in [1.807, 2.05) is 0 Å². The molecule has 1 heterocycles. The van der Waals surface area contributed by atoms with Gasteiger partial charge in [0.1, 0.15) is 11.0 Å². The van der Waals surface area contributed by atoms with Crippen molar-refractivity contribution in [2.24, 2.45) is 0 Å². The molecule has 112 valence electrons. The van der Waals surface area contributed by atoms with Crippen LogP contribution in [0.2, 0.25) is 0 Å². The van der Waals surface area contributed by atoms with Gasteiger partial charge in [-0.25, -0.2) is 4.79 Å². The molecule has 0 atom stereocenters. The third kappa shape index (κ3) is 4.29. The largest absolute Gasteiger partial charge is 0.462 e. The zero-order chi connectivity index (χ0) is 15.2. The Balaban J connectivity index is 1.78. The van der Waals surface area contributed by atoms with Crippen molar-refractivity contribution in [2.45, 2.75) is 26.2 Å². The van der Waals surface area contributed by atoms with Gasteiger partial charge in [-0.15, -0.1) is 0 Å². The molecule has 1 aromatic heterocycles. The number of carbonyl (C=O) groups is 1. The number of halogens is 2. The Morgan fingerprint density at radius 3 is 2.76 bits per heavy atom. The molecule has 2 rings (SSSR count). The Labute approximate surface area is 124 Å². The molecule has 2 aromatic rings. The summed E-state index contributed by atoms with van der Waals surface area (Å²) in [4.78, 5) is 11.8. The lowest BCUT2D eigenvalue weighted by atomic mass is 10.1. The minimum Gasteiger partial charge on any atom is -0.462 e. The second-order valence-electron chi connectivity index (χ2n) is 4.60. The van der Waals surface area contributed by atoms with Crippen LogP contribution in [0.25, 0.3) is 11.0 Å². The molecule has 0 saturated heterocycles. The Bertz CT molecular complexity index is 666. The van der Waals surface area contributed by atoms with Crippen molar-refractivity contribution in [3.63, 3.8) is 0 Å². The number of ether oxygens (including phenoxy) is 1. The Morgan fingerprint density at radius 1 is 1.24 bits per heavy atom. The van der Waals surface area contributed by atoms with Gasteiger partial charge >= 0.3 is 5.97 Å². The van der Waals surface area contributed by atoms with Crippen LogP contribution in [-0.4, -0.2) is 21.3 Å². The van der Waals surface area contributed by atoms with Crippen LogP contribution in [0.3, 0.4) is 0 Å². The molecule has 0 aliphatic heterocycles. The summed E-state index contributed by atoms with van der Waals surface area (Å²) in [6, 6.07) is 4.98. The molecule has 0 N–H and O–H groups in total. The number of nitrogens with zero attached hydrogens (tertiary/aromatic N) is 2. The lowest BCUT2D eigenvalue weighted by molar-refractivity contribution is 0.0498. The predicted molar refractivity (Wildman–Crippen MR) is 76.5 cm³/mol. The second kappa shape index (κ2) is 7.21. The van der Waals surface area contributed by atoms with Crippen molar-refractivity contribution in [2.75, 3.05) is 6.61 Å². The van der Waals surface area contributed by atoms with Gasteiger partial charge in [-0.2, -0.15) is 17.5 Å². The number of fused-ring (bicyclic) bond motifs is 1. The van der Waals surface area contributed by atoms with Crippen LogP contribution in [0.5, 0.6) is 0 Å². The third-order valence-corrected chi connectivity index (χ3v) is 3.55. The molecule has 0 amide bonds. The summed E-state index contributed by atoms with van der Waals surface area (Å²) in [5, 5.41) is 0. The molecule has 21 heavy (non-hydrogen) atoms. The SMILES string of the molecule is CC(CCCCOC(=O)c1ccc2nsnc2c1)=C(F)F. The van der Waals surface area contributed by atoms with E-state index in [4.69, 9.17) is 4.74 Å². The van der Waals surface area contributed by atoms with Crippen LogP contribution in [0.15, 0.2) is 29.9 Å². The number of benzene rings is 1. The van der Waals surface area contributed by atoms with Gasteiger partial charge in [0.2, 0.25) is 0 Å². The van der Waals surface area contributed by atoms with Crippen LogP contribution < -0.4 is 0 Å². The number of aromatic nitrogens is 2. The molecule has 0 fully saturated rings. The molecule has 0 aliphatic rings. The van der Waals surface area contributed by atoms with Gasteiger partial charge < -0.3 is 4.74 Å². The van der Waals surface area contributed by atoms with E-state index >= 15 is 0 Å². The minimum atomic E-state index is -1.63. The monoisotopic (exact) mass is 312 g/mol. The smallest absolute Gasteiger partial charge is 0.338 e. The number of unbranched alkanes of at least 4 members (excludes halogenated alkanes) is 1. The van der Waals surface area contributed by atoms with E-state index in [0.29, 0.717) is 30.3 Å². The molecular weight excluding hydrogens is 298 g/mol. The number of esters is 1. The molecule has 0 spiro atoms. The molecule has 4 nitrogen and oxygen atoms in total. The van der Waals surface area contributed by atoms with E-state index in [0.717, 1.165) is 17.2 Å². The molecule has 0 aliphatic carbocycles.